The molecular formula is C26H39N3O4S. The summed E-state index contributed by atoms with van der Waals surface area (Å²) < 4.78 is 33.7. The summed E-state index contributed by atoms with van der Waals surface area (Å²) in [6, 6.07) is 11.7. The lowest BCUT2D eigenvalue weighted by atomic mass is 9.91. The first-order valence-corrected chi connectivity index (χ1v) is 13.0. The van der Waals surface area contributed by atoms with Crippen molar-refractivity contribution < 1.29 is 17.9 Å². The first kappa shape index (κ1) is 27.5. The molecule has 0 spiro atoms. The van der Waals surface area contributed by atoms with Crippen molar-refractivity contribution in [3.05, 3.63) is 48.0 Å². The van der Waals surface area contributed by atoms with E-state index in [0.717, 1.165) is 17.7 Å². The minimum Gasteiger partial charge on any atom is -0.497 e. The van der Waals surface area contributed by atoms with Gasteiger partial charge in [-0.15, -0.1) is 0 Å². The highest BCUT2D eigenvalue weighted by molar-refractivity contribution is 7.92. The number of carbonyl (C=O) groups is 1. The molecule has 0 aliphatic heterocycles. The number of hydrogen-bond acceptors (Lipinski definition) is 5. The molecule has 2 aromatic rings. The molecule has 34 heavy (non-hydrogen) atoms. The van der Waals surface area contributed by atoms with Gasteiger partial charge in [0.05, 0.1) is 12.0 Å². The Kier molecular flexibility index (Phi) is 9.00. The Morgan fingerprint density at radius 3 is 2.21 bits per heavy atom. The van der Waals surface area contributed by atoms with Crippen molar-refractivity contribution >= 4 is 27.3 Å². The fourth-order valence-electron chi connectivity index (χ4n) is 3.63. The van der Waals surface area contributed by atoms with Crippen molar-refractivity contribution in [3.8, 4) is 5.75 Å². The molecule has 0 heterocycles. The van der Waals surface area contributed by atoms with Gasteiger partial charge in [-0.1, -0.05) is 27.7 Å². The first-order chi connectivity index (χ1) is 15.8. The number of hydrogen-bond donors (Lipinski definition) is 1. The van der Waals surface area contributed by atoms with Gasteiger partial charge in [0.15, 0.2) is 0 Å². The highest BCUT2D eigenvalue weighted by Crippen LogP contribution is 2.29. The summed E-state index contributed by atoms with van der Waals surface area (Å²) in [5.74, 6) is 0.678. The number of anilines is 2. The number of amides is 1. The zero-order valence-corrected chi connectivity index (χ0v) is 22.5. The Morgan fingerprint density at radius 1 is 1.09 bits per heavy atom. The number of nitrogens with zero attached hydrogens (tertiary/aromatic N) is 2. The van der Waals surface area contributed by atoms with E-state index in [9.17, 15) is 13.2 Å². The summed E-state index contributed by atoms with van der Waals surface area (Å²) in [5.41, 5.74) is 2.14. The van der Waals surface area contributed by atoms with E-state index in [0.29, 0.717) is 24.4 Å². The second kappa shape index (κ2) is 11.1. The molecule has 0 aliphatic rings. The van der Waals surface area contributed by atoms with Crippen LogP contribution in [0.1, 0.15) is 53.0 Å². The molecule has 0 aromatic heterocycles. The van der Waals surface area contributed by atoms with Crippen LogP contribution in [0.25, 0.3) is 0 Å². The fraction of sp³-hybridized carbons (Fsp3) is 0.500. The average molecular weight is 490 g/mol. The molecule has 0 bridgehead atoms. The van der Waals surface area contributed by atoms with Crippen LogP contribution in [0.2, 0.25) is 0 Å². The van der Waals surface area contributed by atoms with Crippen LogP contribution >= 0.6 is 0 Å². The van der Waals surface area contributed by atoms with E-state index in [2.05, 4.69) is 32.4 Å². The maximum atomic E-state index is 13.2. The topological polar surface area (TPSA) is 79.0 Å². The molecule has 188 valence electrons. The SMILES string of the molecule is CC[C@H](C)N(Cc1cc(NS(=O)(=O)c2ccc(OC)cc2)ccc1N(C)C)C(=O)CC(C)(C)C. The molecule has 1 N–H and O–H groups in total. The van der Waals surface area contributed by atoms with Gasteiger partial charge in [0.1, 0.15) is 5.75 Å². The summed E-state index contributed by atoms with van der Waals surface area (Å²) in [7, 11) is 1.62. The lowest BCUT2D eigenvalue weighted by Gasteiger charge is -2.33. The Morgan fingerprint density at radius 2 is 1.71 bits per heavy atom. The third-order valence-electron chi connectivity index (χ3n) is 5.65. The normalized spacial score (nSPS) is 12.7. The number of carbonyl (C=O) groups excluding carboxylic acids is 1. The first-order valence-electron chi connectivity index (χ1n) is 11.5. The maximum Gasteiger partial charge on any atom is 0.261 e. The van der Waals surface area contributed by atoms with Gasteiger partial charge >= 0.3 is 0 Å². The summed E-state index contributed by atoms with van der Waals surface area (Å²) in [6.45, 7) is 10.7. The molecule has 2 aromatic carbocycles. The van der Waals surface area contributed by atoms with Gasteiger partial charge in [-0.25, -0.2) is 8.42 Å². The number of benzene rings is 2. The molecule has 7 nitrogen and oxygen atoms in total. The summed E-state index contributed by atoms with van der Waals surface area (Å²) in [5, 5.41) is 0. The quantitative estimate of drug-likeness (QED) is 0.501. The Hall–Kier alpha value is -2.74. The molecule has 0 radical (unpaired) electrons. The van der Waals surface area contributed by atoms with Crippen molar-refractivity contribution in [2.75, 3.05) is 30.8 Å². The smallest absolute Gasteiger partial charge is 0.261 e. The standard InChI is InChI=1S/C26H39N3O4S/c1-9-19(2)29(25(30)17-26(3,4)5)18-20-16-21(10-15-24(20)28(6)7)27-34(31,32)23-13-11-22(33-8)12-14-23/h10-16,19,27H,9,17-18H2,1-8H3/t19-/m0/s1. The molecule has 2 rings (SSSR count). The average Bonchev–Trinajstić information content (AvgIpc) is 2.75. The third-order valence-corrected chi connectivity index (χ3v) is 7.05. The molecule has 0 saturated heterocycles. The monoisotopic (exact) mass is 489 g/mol. The van der Waals surface area contributed by atoms with Gasteiger partial charge in [0.2, 0.25) is 5.91 Å². The molecule has 0 saturated carbocycles. The van der Waals surface area contributed by atoms with Crippen molar-refractivity contribution in [3.63, 3.8) is 0 Å². The van der Waals surface area contributed by atoms with E-state index >= 15 is 0 Å². The molecular weight excluding hydrogens is 450 g/mol. The van der Waals surface area contributed by atoms with Gasteiger partial charge in [-0.3, -0.25) is 9.52 Å². The van der Waals surface area contributed by atoms with Crippen LogP contribution < -0.4 is 14.4 Å². The van der Waals surface area contributed by atoms with E-state index in [1.54, 1.807) is 18.2 Å². The van der Waals surface area contributed by atoms with Gasteiger partial charge in [0, 0.05) is 44.5 Å². The van der Waals surface area contributed by atoms with Gasteiger partial charge < -0.3 is 14.5 Å². The molecule has 0 aliphatic carbocycles. The summed E-state index contributed by atoms with van der Waals surface area (Å²) >= 11 is 0. The maximum absolute atomic E-state index is 13.2. The molecule has 0 fully saturated rings. The lowest BCUT2D eigenvalue weighted by molar-refractivity contribution is -0.135. The number of ether oxygens (including phenoxy) is 1. The summed E-state index contributed by atoms with van der Waals surface area (Å²) in [4.78, 5) is 17.2. The zero-order valence-electron chi connectivity index (χ0n) is 21.7. The van der Waals surface area contributed by atoms with Crippen LogP contribution in [-0.2, 0) is 21.4 Å². The molecule has 8 heteroatoms. The van der Waals surface area contributed by atoms with Crippen molar-refractivity contribution in [1.29, 1.82) is 0 Å². The van der Waals surface area contributed by atoms with Crippen LogP contribution in [0, 0.1) is 5.41 Å². The number of sulfonamides is 1. The van der Waals surface area contributed by atoms with Gasteiger partial charge in [0.25, 0.3) is 10.0 Å². The molecule has 1 amide bonds. The third kappa shape index (κ3) is 7.38. The van der Waals surface area contributed by atoms with E-state index in [4.69, 9.17) is 4.74 Å². The highest BCUT2D eigenvalue weighted by atomic mass is 32.2. The summed E-state index contributed by atoms with van der Waals surface area (Å²) in [6.07, 6.45) is 1.27. The van der Waals surface area contributed by atoms with Crippen molar-refractivity contribution in [2.24, 2.45) is 5.41 Å². The lowest BCUT2D eigenvalue weighted by Crippen LogP contribution is -2.39. The zero-order chi connectivity index (χ0) is 25.7. The van der Waals surface area contributed by atoms with Crippen LogP contribution in [0.4, 0.5) is 11.4 Å². The van der Waals surface area contributed by atoms with E-state index in [1.807, 2.05) is 43.0 Å². The second-order valence-electron chi connectivity index (χ2n) is 10.0. The highest BCUT2D eigenvalue weighted by Gasteiger charge is 2.25. The second-order valence-corrected chi connectivity index (χ2v) is 11.7. The number of nitrogens with one attached hydrogen (secondary N) is 1. The van der Waals surface area contributed by atoms with E-state index < -0.39 is 10.0 Å². The van der Waals surface area contributed by atoms with E-state index in [1.165, 1.54) is 19.2 Å². The number of methoxy groups -OCH3 is 1. The van der Waals surface area contributed by atoms with Gasteiger partial charge in [-0.05, 0) is 66.8 Å². The number of rotatable bonds is 10. The minimum absolute atomic E-state index is 0.0597. The van der Waals surface area contributed by atoms with Crippen LogP contribution in [-0.4, -0.2) is 46.5 Å². The van der Waals surface area contributed by atoms with Crippen molar-refractivity contribution in [2.45, 2.75) is 64.9 Å². The minimum atomic E-state index is -3.78. The Bertz CT molecular complexity index is 1070. The Labute approximate surface area is 205 Å². The van der Waals surface area contributed by atoms with Crippen molar-refractivity contribution in [1.82, 2.24) is 4.90 Å². The molecule has 1 atom stereocenters. The predicted octanol–water partition coefficient (Wildman–Crippen LogP) is 5.13. The van der Waals surface area contributed by atoms with Gasteiger partial charge in [-0.2, -0.15) is 0 Å². The molecule has 0 unspecified atom stereocenters. The predicted molar refractivity (Wildman–Crippen MR) is 139 cm³/mol. The Balaban J connectivity index is 2.40. The largest absolute Gasteiger partial charge is 0.497 e. The van der Waals surface area contributed by atoms with Crippen LogP contribution in [0.5, 0.6) is 5.75 Å². The van der Waals surface area contributed by atoms with Crippen LogP contribution in [0.3, 0.4) is 0 Å². The van der Waals surface area contributed by atoms with Crippen LogP contribution in [0.15, 0.2) is 47.4 Å². The fourth-order valence-corrected chi connectivity index (χ4v) is 4.68. The van der Waals surface area contributed by atoms with E-state index in [-0.39, 0.29) is 22.3 Å².